The van der Waals surface area contributed by atoms with Crippen molar-refractivity contribution in [3.8, 4) is 0 Å². The van der Waals surface area contributed by atoms with Gasteiger partial charge < -0.3 is 15.4 Å². The van der Waals surface area contributed by atoms with E-state index in [1.165, 1.54) is 12.1 Å². The van der Waals surface area contributed by atoms with Crippen molar-refractivity contribution in [3.63, 3.8) is 0 Å². The Bertz CT molecular complexity index is 600. The van der Waals surface area contributed by atoms with Crippen LogP contribution < -0.4 is 10.6 Å². The number of nitrogens with one attached hydrogen (secondary N) is 2. The first-order valence-electron chi connectivity index (χ1n) is 6.26. The quantitative estimate of drug-likeness (QED) is 0.804. The zero-order valence-corrected chi connectivity index (χ0v) is 12.2. The van der Waals surface area contributed by atoms with Crippen molar-refractivity contribution >= 4 is 15.7 Å². The summed E-state index contributed by atoms with van der Waals surface area (Å²) in [7, 11) is -1.72. The molecule has 2 N–H and O–H groups in total. The molecule has 0 aliphatic carbocycles. The van der Waals surface area contributed by atoms with Gasteiger partial charge in [0.2, 0.25) is 0 Å². The molecule has 1 saturated heterocycles. The first-order valence-corrected chi connectivity index (χ1v) is 8.15. The Morgan fingerprint density at radius 2 is 2.15 bits per heavy atom. The molecule has 0 radical (unpaired) electrons. The lowest BCUT2D eigenvalue weighted by Crippen LogP contribution is -2.43. The highest BCUT2D eigenvalue weighted by molar-refractivity contribution is 7.90. The molecule has 1 fully saturated rings. The molecule has 1 aliphatic heterocycles. The molecule has 20 heavy (non-hydrogen) atoms. The van der Waals surface area contributed by atoms with Gasteiger partial charge in [0.1, 0.15) is 0 Å². The number of hydrogen-bond acceptors (Lipinski definition) is 5. The molecule has 1 aromatic carbocycles. The molecule has 6 nitrogen and oxygen atoms in total. The highest BCUT2D eigenvalue weighted by Crippen LogP contribution is 2.12. The van der Waals surface area contributed by atoms with Gasteiger partial charge in [-0.15, -0.1) is 0 Å². The van der Waals surface area contributed by atoms with Crippen molar-refractivity contribution in [2.75, 3.05) is 26.5 Å². The minimum atomic E-state index is -3.32. The Kier molecular flexibility index (Phi) is 4.42. The van der Waals surface area contributed by atoms with Gasteiger partial charge in [-0.05, 0) is 18.2 Å². The molecule has 1 aliphatic rings. The fraction of sp³-hybridized carbons (Fsp3) is 0.462. The largest absolute Gasteiger partial charge is 0.378 e. The van der Waals surface area contributed by atoms with E-state index in [1.807, 2.05) is 0 Å². The number of hydrogen-bond donors (Lipinski definition) is 2. The Hall–Kier alpha value is -1.44. The maximum absolute atomic E-state index is 12.2. The molecule has 0 bridgehead atoms. The summed E-state index contributed by atoms with van der Waals surface area (Å²) < 4.78 is 28.2. The number of carbonyl (C=O) groups is 1. The highest BCUT2D eigenvalue weighted by Gasteiger charge is 2.28. The van der Waals surface area contributed by atoms with E-state index >= 15 is 0 Å². The molecule has 1 amide bonds. The molecule has 7 heteroatoms. The minimum Gasteiger partial charge on any atom is -0.378 e. The van der Waals surface area contributed by atoms with Crippen molar-refractivity contribution in [2.24, 2.45) is 0 Å². The molecule has 0 spiro atoms. The SMILES string of the molecule is CO[C@H]1CNCC1NC(=O)c1cccc(S(C)(=O)=O)c1. The van der Waals surface area contributed by atoms with Crippen LogP contribution in [0.5, 0.6) is 0 Å². The van der Waals surface area contributed by atoms with E-state index in [4.69, 9.17) is 4.74 Å². The van der Waals surface area contributed by atoms with E-state index in [-0.39, 0.29) is 22.9 Å². The number of ether oxygens (including phenoxy) is 1. The first kappa shape index (κ1) is 15.0. The summed E-state index contributed by atoms with van der Waals surface area (Å²) in [6.07, 6.45) is 1.04. The van der Waals surface area contributed by atoms with Gasteiger partial charge in [0.25, 0.3) is 5.91 Å². The maximum atomic E-state index is 12.2. The van der Waals surface area contributed by atoms with Crippen LogP contribution in [-0.4, -0.2) is 52.9 Å². The van der Waals surface area contributed by atoms with Crippen LogP contribution >= 0.6 is 0 Å². The lowest BCUT2D eigenvalue weighted by molar-refractivity contribution is 0.0779. The molecule has 110 valence electrons. The van der Waals surface area contributed by atoms with E-state index in [9.17, 15) is 13.2 Å². The van der Waals surface area contributed by atoms with Gasteiger partial charge in [0.15, 0.2) is 9.84 Å². The predicted molar refractivity (Wildman–Crippen MR) is 74.5 cm³/mol. The predicted octanol–water partition coefficient (Wildman–Crippen LogP) is -0.193. The maximum Gasteiger partial charge on any atom is 0.251 e. The molecule has 0 aromatic heterocycles. The summed E-state index contributed by atoms with van der Waals surface area (Å²) in [5.74, 6) is -0.300. The first-order chi connectivity index (χ1) is 9.41. The zero-order valence-electron chi connectivity index (χ0n) is 11.4. The highest BCUT2D eigenvalue weighted by atomic mass is 32.2. The fourth-order valence-corrected chi connectivity index (χ4v) is 2.83. The van der Waals surface area contributed by atoms with Gasteiger partial charge in [-0.25, -0.2) is 8.42 Å². The lowest BCUT2D eigenvalue weighted by Gasteiger charge is -2.18. The van der Waals surface area contributed by atoms with Gasteiger partial charge in [-0.1, -0.05) is 6.07 Å². The van der Waals surface area contributed by atoms with E-state index in [0.29, 0.717) is 18.7 Å². The molecule has 2 atom stereocenters. The van der Waals surface area contributed by atoms with E-state index < -0.39 is 9.84 Å². The Labute approximate surface area is 118 Å². The zero-order chi connectivity index (χ0) is 14.8. The summed E-state index contributed by atoms with van der Waals surface area (Å²) in [6, 6.07) is 5.89. The number of benzene rings is 1. The van der Waals surface area contributed by atoms with Crippen LogP contribution in [0, 0.1) is 0 Å². The van der Waals surface area contributed by atoms with Gasteiger partial charge in [-0.3, -0.25) is 4.79 Å². The van der Waals surface area contributed by atoms with Crippen LogP contribution in [-0.2, 0) is 14.6 Å². The molecular formula is C13H18N2O4S. The number of rotatable bonds is 4. The molecule has 2 rings (SSSR count). The lowest BCUT2D eigenvalue weighted by atomic mass is 10.1. The van der Waals surface area contributed by atoms with E-state index in [1.54, 1.807) is 19.2 Å². The van der Waals surface area contributed by atoms with Gasteiger partial charge in [0, 0.05) is 32.0 Å². The number of amides is 1. The normalized spacial score (nSPS) is 22.7. The van der Waals surface area contributed by atoms with E-state index in [2.05, 4.69) is 10.6 Å². The minimum absolute atomic E-state index is 0.0722. The molecule has 1 heterocycles. The number of methoxy groups -OCH3 is 1. The second-order valence-electron chi connectivity index (χ2n) is 4.81. The summed E-state index contributed by atoms with van der Waals surface area (Å²) >= 11 is 0. The Balaban J connectivity index is 2.14. The smallest absolute Gasteiger partial charge is 0.251 e. The standard InChI is InChI=1S/C13H18N2O4S/c1-19-12-8-14-7-11(12)15-13(16)9-4-3-5-10(6-9)20(2,17)18/h3-6,11-12,14H,7-8H2,1-2H3,(H,15,16)/t11?,12-/m0/s1. The summed E-state index contributed by atoms with van der Waals surface area (Å²) in [6.45, 7) is 1.32. The monoisotopic (exact) mass is 298 g/mol. The summed E-state index contributed by atoms with van der Waals surface area (Å²) in [4.78, 5) is 12.3. The van der Waals surface area contributed by atoms with Gasteiger partial charge in [-0.2, -0.15) is 0 Å². The van der Waals surface area contributed by atoms with Crippen LogP contribution in [0.2, 0.25) is 0 Å². The summed E-state index contributed by atoms with van der Waals surface area (Å²) in [5, 5.41) is 5.98. The second kappa shape index (κ2) is 5.90. The average Bonchev–Trinajstić information content (AvgIpc) is 2.85. The van der Waals surface area contributed by atoms with Crippen LogP contribution in [0.15, 0.2) is 29.2 Å². The van der Waals surface area contributed by atoms with Crippen molar-refractivity contribution in [1.29, 1.82) is 0 Å². The van der Waals surface area contributed by atoms with Crippen LogP contribution in [0.3, 0.4) is 0 Å². The second-order valence-corrected chi connectivity index (χ2v) is 6.83. The van der Waals surface area contributed by atoms with E-state index in [0.717, 1.165) is 6.26 Å². The Morgan fingerprint density at radius 3 is 2.80 bits per heavy atom. The third kappa shape index (κ3) is 3.36. The van der Waals surface area contributed by atoms with Crippen molar-refractivity contribution in [3.05, 3.63) is 29.8 Å². The van der Waals surface area contributed by atoms with Gasteiger partial charge in [0.05, 0.1) is 17.0 Å². The topological polar surface area (TPSA) is 84.5 Å². The van der Waals surface area contributed by atoms with Crippen LogP contribution in [0.25, 0.3) is 0 Å². The van der Waals surface area contributed by atoms with Crippen molar-refractivity contribution in [1.82, 2.24) is 10.6 Å². The molecule has 1 aromatic rings. The van der Waals surface area contributed by atoms with Crippen LogP contribution in [0.1, 0.15) is 10.4 Å². The number of carbonyl (C=O) groups excluding carboxylic acids is 1. The van der Waals surface area contributed by atoms with Crippen LogP contribution in [0.4, 0.5) is 0 Å². The molecule has 1 unspecified atom stereocenters. The third-order valence-corrected chi connectivity index (χ3v) is 4.41. The molecular weight excluding hydrogens is 280 g/mol. The van der Waals surface area contributed by atoms with Gasteiger partial charge >= 0.3 is 0 Å². The molecule has 0 saturated carbocycles. The Morgan fingerprint density at radius 1 is 1.40 bits per heavy atom. The average molecular weight is 298 g/mol. The van der Waals surface area contributed by atoms with Crippen molar-refractivity contribution in [2.45, 2.75) is 17.0 Å². The third-order valence-electron chi connectivity index (χ3n) is 3.30. The summed E-state index contributed by atoms with van der Waals surface area (Å²) in [5.41, 5.74) is 0.328. The fourth-order valence-electron chi connectivity index (χ4n) is 2.17. The number of sulfone groups is 1. The van der Waals surface area contributed by atoms with Crippen molar-refractivity contribution < 1.29 is 17.9 Å².